The highest BCUT2D eigenvalue weighted by Crippen LogP contribution is 2.26. The molecule has 0 saturated carbocycles. The Kier molecular flexibility index (Phi) is 5.70. The summed E-state index contributed by atoms with van der Waals surface area (Å²) in [4.78, 5) is 2.41. The summed E-state index contributed by atoms with van der Waals surface area (Å²) in [6.07, 6.45) is 2.59. The first kappa shape index (κ1) is 15.3. The quantitative estimate of drug-likeness (QED) is 0.884. The van der Waals surface area contributed by atoms with Crippen molar-refractivity contribution in [1.82, 2.24) is 10.2 Å². The summed E-state index contributed by atoms with van der Waals surface area (Å²) in [6.45, 7) is 5.71. The van der Waals surface area contributed by atoms with Gasteiger partial charge in [0, 0.05) is 15.5 Å². The number of benzene rings is 1. The van der Waals surface area contributed by atoms with Gasteiger partial charge < -0.3 is 10.2 Å². The maximum atomic E-state index is 6.29. The summed E-state index contributed by atoms with van der Waals surface area (Å²) in [6, 6.07) is 6.42. The molecular weight excluding hydrogens is 324 g/mol. The van der Waals surface area contributed by atoms with Crippen LogP contribution in [0, 0.1) is 5.92 Å². The lowest BCUT2D eigenvalue weighted by Crippen LogP contribution is -2.35. The Hall–Kier alpha value is -0.0900. The Morgan fingerprint density at radius 1 is 1.42 bits per heavy atom. The van der Waals surface area contributed by atoms with Gasteiger partial charge in [0.1, 0.15) is 0 Å². The number of halogens is 2. The number of hydrogen-bond donors (Lipinski definition) is 1. The van der Waals surface area contributed by atoms with Gasteiger partial charge in [0.15, 0.2) is 0 Å². The van der Waals surface area contributed by atoms with Crippen molar-refractivity contribution in [3.63, 3.8) is 0 Å². The van der Waals surface area contributed by atoms with Crippen molar-refractivity contribution in [2.75, 3.05) is 26.7 Å². The first-order valence-corrected chi connectivity index (χ1v) is 8.10. The van der Waals surface area contributed by atoms with Crippen LogP contribution < -0.4 is 5.32 Å². The maximum absolute atomic E-state index is 6.29. The Morgan fingerprint density at radius 3 is 2.74 bits per heavy atom. The molecule has 0 aromatic heterocycles. The van der Waals surface area contributed by atoms with Crippen LogP contribution in [0.5, 0.6) is 0 Å². The number of nitrogens with zero attached hydrogens (tertiary/aromatic N) is 1. The molecule has 1 aliphatic rings. The third kappa shape index (κ3) is 4.45. The molecule has 1 heterocycles. The van der Waals surface area contributed by atoms with Crippen LogP contribution in [-0.4, -0.2) is 31.6 Å². The van der Waals surface area contributed by atoms with Gasteiger partial charge in [0.05, 0.1) is 0 Å². The molecule has 2 rings (SSSR count). The molecule has 0 bridgehead atoms. The van der Waals surface area contributed by atoms with E-state index < -0.39 is 0 Å². The fraction of sp³-hybridized carbons (Fsp3) is 0.600. The van der Waals surface area contributed by atoms with Crippen LogP contribution in [0.4, 0.5) is 0 Å². The van der Waals surface area contributed by atoms with Gasteiger partial charge >= 0.3 is 0 Å². The Balaban J connectivity index is 1.85. The average molecular weight is 346 g/mol. The van der Waals surface area contributed by atoms with Gasteiger partial charge in [-0.25, -0.2) is 0 Å². The van der Waals surface area contributed by atoms with Crippen molar-refractivity contribution in [3.8, 4) is 0 Å². The first-order chi connectivity index (χ1) is 9.06. The smallest absolute Gasteiger partial charge is 0.0464 e. The zero-order chi connectivity index (χ0) is 13.8. The molecule has 1 fully saturated rings. The number of rotatable bonds is 4. The van der Waals surface area contributed by atoms with Crippen LogP contribution in [-0.2, 0) is 0 Å². The molecule has 1 aliphatic heterocycles. The standard InChI is InChI=1S/C15H22BrClN2/c1-11(14-4-3-13(16)9-15(14)17)18-10-12-5-7-19(2)8-6-12/h3-4,9,11-12,18H,5-8,10H2,1-2H3. The van der Waals surface area contributed by atoms with Gasteiger partial charge in [-0.3, -0.25) is 0 Å². The van der Waals surface area contributed by atoms with Crippen LogP contribution in [0.15, 0.2) is 22.7 Å². The fourth-order valence-corrected chi connectivity index (χ4v) is 3.41. The highest BCUT2D eigenvalue weighted by molar-refractivity contribution is 9.10. The molecule has 0 radical (unpaired) electrons. The van der Waals surface area contributed by atoms with E-state index in [1.807, 2.05) is 6.07 Å². The maximum Gasteiger partial charge on any atom is 0.0464 e. The van der Waals surface area contributed by atoms with Crippen molar-refractivity contribution in [3.05, 3.63) is 33.3 Å². The van der Waals surface area contributed by atoms with E-state index in [9.17, 15) is 0 Å². The number of likely N-dealkylation sites (tertiary alicyclic amines) is 1. The van der Waals surface area contributed by atoms with Gasteiger partial charge in [0.25, 0.3) is 0 Å². The summed E-state index contributed by atoms with van der Waals surface area (Å²) >= 11 is 9.73. The second-order valence-corrected chi connectivity index (χ2v) is 6.87. The topological polar surface area (TPSA) is 15.3 Å². The van der Waals surface area contributed by atoms with E-state index in [2.05, 4.69) is 52.3 Å². The molecule has 0 amide bonds. The van der Waals surface area contributed by atoms with Gasteiger partial charge in [-0.2, -0.15) is 0 Å². The van der Waals surface area contributed by atoms with Crippen LogP contribution in [0.2, 0.25) is 5.02 Å². The van der Waals surface area contributed by atoms with Crippen LogP contribution in [0.1, 0.15) is 31.4 Å². The zero-order valence-corrected chi connectivity index (χ0v) is 14.0. The van der Waals surface area contributed by atoms with E-state index in [0.717, 1.165) is 22.0 Å². The summed E-state index contributed by atoms with van der Waals surface area (Å²) < 4.78 is 1.03. The number of hydrogen-bond acceptors (Lipinski definition) is 2. The Morgan fingerprint density at radius 2 is 2.11 bits per heavy atom. The zero-order valence-electron chi connectivity index (χ0n) is 11.6. The summed E-state index contributed by atoms with van der Waals surface area (Å²) in [5, 5.41) is 4.46. The van der Waals surface area contributed by atoms with Crippen LogP contribution in [0.3, 0.4) is 0 Å². The fourth-order valence-electron chi connectivity index (χ4n) is 2.57. The second-order valence-electron chi connectivity index (χ2n) is 5.54. The highest BCUT2D eigenvalue weighted by Gasteiger charge is 2.18. The lowest BCUT2D eigenvalue weighted by molar-refractivity contribution is 0.213. The lowest BCUT2D eigenvalue weighted by Gasteiger charge is -2.30. The van der Waals surface area contributed by atoms with Gasteiger partial charge in [0.2, 0.25) is 0 Å². The molecule has 0 spiro atoms. The van der Waals surface area contributed by atoms with E-state index in [0.29, 0.717) is 6.04 Å². The van der Waals surface area contributed by atoms with Gasteiger partial charge in [-0.05, 0) is 70.1 Å². The third-order valence-electron chi connectivity index (χ3n) is 3.98. The molecule has 2 nitrogen and oxygen atoms in total. The monoisotopic (exact) mass is 344 g/mol. The molecular formula is C15H22BrClN2. The molecule has 1 N–H and O–H groups in total. The minimum atomic E-state index is 0.306. The molecule has 1 aromatic rings. The van der Waals surface area contributed by atoms with E-state index in [-0.39, 0.29) is 0 Å². The SMILES string of the molecule is CC(NCC1CCN(C)CC1)c1ccc(Br)cc1Cl. The van der Waals surface area contributed by atoms with Crippen molar-refractivity contribution in [2.24, 2.45) is 5.92 Å². The second kappa shape index (κ2) is 7.07. The predicted octanol–water partition coefficient (Wildman–Crippen LogP) is 4.09. The van der Waals surface area contributed by atoms with Crippen molar-refractivity contribution in [2.45, 2.75) is 25.8 Å². The molecule has 1 saturated heterocycles. The van der Waals surface area contributed by atoms with Crippen LogP contribution >= 0.6 is 27.5 Å². The summed E-state index contributed by atoms with van der Waals surface area (Å²) in [5.41, 5.74) is 1.18. The normalized spacial score (nSPS) is 19.6. The van der Waals surface area contributed by atoms with Gasteiger partial charge in [-0.1, -0.05) is 33.6 Å². The van der Waals surface area contributed by atoms with E-state index in [4.69, 9.17) is 11.6 Å². The summed E-state index contributed by atoms with van der Waals surface area (Å²) in [5.74, 6) is 0.799. The van der Waals surface area contributed by atoms with Crippen molar-refractivity contribution in [1.29, 1.82) is 0 Å². The van der Waals surface area contributed by atoms with Gasteiger partial charge in [-0.15, -0.1) is 0 Å². The predicted molar refractivity (Wildman–Crippen MR) is 85.8 cm³/mol. The minimum absolute atomic E-state index is 0.306. The van der Waals surface area contributed by atoms with Crippen molar-refractivity contribution < 1.29 is 0 Å². The summed E-state index contributed by atoms with van der Waals surface area (Å²) in [7, 11) is 2.20. The third-order valence-corrected chi connectivity index (χ3v) is 4.80. The molecule has 19 heavy (non-hydrogen) atoms. The van der Waals surface area contributed by atoms with Crippen LogP contribution in [0.25, 0.3) is 0 Å². The molecule has 1 unspecified atom stereocenters. The molecule has 0 aliphatic carbocycles. The average Bonchev–Trinajstić information content (AvgIpc) is 2.37. The minimum Gasteiger partial charge on any atom is -0.310 e. The molecule has 106 valence electrons. The number of piperidine rings is 1. The van der Waals surface area contributed by atoms with E-state index in [1.165, 1.54) is 31.5 Å². The van der Waals surface area contributed by atoms with Crippen molar-refractivity contribution >= 4 is 27.5 Å². The Labute approximate surface area is 129 Å². The number of nitrogens with one attached hydrogen (secondary N) is 1. The first-order valence-electron chi connectivity index (χ1n) is 6.93. The molecule has 4 heteroatoms. The van der Waals surface area contributed by atoms with E-state index in [1.54, 1.807) is 0 Å². The Bertz CT molecular complexity index is 417. The largest absolute Gasteiger partial charge is 0.310 e. The lowest BCUT2D eigenvalue weighted by atomic mass is 9.96. The molecule has 1 aromatic carbocycles. The highest BCUT2D eigenvalue weighted by atomic mass is 79.9. The van der Waals surface area contributed by atoms with E-state index >= 15 is 0 Å². The molecule has 1 atom stereocenters.